The van der Waals surface area contributed by atoms with Gasteiger partial charge in [0.2, 0.25) is 0 Å². The van der Waals surface area contributed by atoms with Crippen LogP contribution < -0.4 is 17.0 Å². The zero-order valence-corrected chi connectivity index (χ0v) is 17.8. The Morgan fingerprint density at radius 1 is 1.31 bits per heavy atom. The third kappa shape index (κ3) is 3.88. The Morgan fingerprint density at radius 2 is 2.00 bits per heavy atom. The van der Waals surface area contributed by atoms with Crippen molar-refractivity contribution >= 4 is 33.2 Å². The van der Waals surface area contributed by atoms with Crippen molar-refractivity contribution < 1.29 is 4.79 Å². The van der Waals surface area contributed by atoms with Crippen molar-refractivity contribution in [1.82, 2.24) is 19.0 Å². The number of ketones is 1. The Kier molecular flexibility index (Phi) is 5.99. The van der Waals surface area contributed by atoms with Gasteiger partial charge in [-0.15, -0.1) is 11.3 Å². The molecule has 0 aliphatic carbocycles. The Balaban J connectivity index is 1.89. The van der Waals surface area contributed by atoms with Crippen LogP contribution in [-0.2, 0) is 13.6 Å². The number of carbonyl (C=O) groups is 1. The van der Waals surface area contributed by atoms with Crippen molar-refractivity contribution in [2.75, 3.05) is 19.3 Å². The molecule has 2 N–H and O–H groups in total. The van der Waals surface area contributed by atoms with Gasteiger partial charge in [-0.2, -0.15) is 0 Å². The van der Waals surface area contributed by atoms with Crippen LogP contribution in [0, 0.1) is 0 Å². The lowest BCUT2D eigenvalue weighted by atomic mass is 10.1. The van der Waals surface area contributed by atoms with Gasteiger partial charge in [0.05, 0.1) is 22.8 Å². The second kappa shape index (κ2) is 8.30. The summed E-state index contributed by atoms with van der Waals surface area (Å²) in [5.41, 5.74) is 5.67. The molecule has 8 nitrogen and oxygen atoms in total. The summed E-state index contributed by atoms with van der Waals surface area (Å²) in [6, 6.07) is 7.74. The van der Waals surface area contributed by atoms with Crippen molar-refractivity contribution in [2.45, 2.75) is 32.9 Å². The van der Waals surface area contributed by atoms with Crippen LogP contribution in [0.3, 0.4) is 0 Å². The summed E-state index contributed by atoms with van der Waals surface area (Å²) in [5.74, 6) is -0.477. The SMILES string of the molecule is CCCn1c(N)c(C(=O)CN(C)[C@H](C)c2nc3ccccc3s2)c(=O)n(C)c1=O. The number of nitrogen functional groups attached to an aromatic ring is 1. The molecule has 29 heavy (non-hydrogen) atoms. The van der Waals surface area contributed by atoms with E-state index in [1.807, 2.05) is 43.0 Å². The molecule has 0 unspecified atom stereocenters. The molecule has 0 bridgehead atoms. The van der Waals surface area contributed by atoms with E-state index < -0.39 is 17.0 Å². The topological polar surface area (TPSA) is 103 Å². The number of nitrogens with zero attached hydrogens (tertiary/aromatic N) is 4. The van der Waals surface area contributed by atoms with Crippen LogP contribution in [-0.4, -0.2) is 38.4 Å². The molecular formula is C20H25N5O3S. The number of rotatable bonds is 7. The number of para-hydroxylation sites is 1. The third-order valence-electron chi connectivity index (χ3n) is 5.03. The minimum absolute atomic E-state index is 0.0130. The first-order chi connectivity index (χ1) is 13.8. The average Bonchev–Trinajstić information content (AvgIpc) is 3.13. The zero-order chi connectivity index (χ0) is 21.3. The van der Waals surface area contributed by atoms with Gasteiger partial charge >= 0.3 is 5.69 Å². The van der Waals surface area contributed by atoms with Crippen molar-refractivity contribution in [2.24, 2.45) is 7.05 Å². The van der Waals surface area contributed by atoms with Gasteiger partial charge in [-0.05, 0) is 32.5 Å². The number of benzene rings is 1. The number of carbonyl (C=O) groups excluding carboxylic acids is 1. The fraction of sp³-hybridized carbons (Fsp3) is 0.400. The zero-order valence-electron chi connectivity index (χ0n) is 17.0. The van der Waals surface area contributed by atoms with Crippen molar-refractivity contribution in [3.63, 3.8) is 0 Å². The number of likely N-dealkylation sites (N-methyl/N-ethyl adjacent to an activating group) is 1. The maximum Gasteiger partial charge on any atom is 0.332 e. The second-order valence-electron chi connectivity index (χ2n) is 7.09. The quantitative estimate of drug-likeness (QED) is 0.592. The van der Waals surface area contributed by atoms with E-state index in [2.05, 4.69) is 4.98 Å². The Morgan fingerprint density at radius 3 is 2.66 bits per heavy atom. The number of nitrogens with two attached hydrogens (primary N) is 1. The van der Waals surface area contributed by atoms with Crippen LogP contribution in [0.1, 0.15) is 41.7 Å². The molecule has 0 saturated carbocycles. The molecular weight excluding hydrogens is 390 g/mol. The Labute approximate surface area is 172 Å². The molecule has 0 spiro atoms. The van der Waals surface area contributed by atoms with Gasteiger partial charge in [0.25, 0.3) is 5.56 Å². The van der Waals surface area contributed by atoms with E-state index in [9.17, 15) is 14.4 Å². The number of aromatic nitrogens is 3. The summed E-state index contributed by atoms with van der Waals surface area (Å²) < 4.78 is 3.31. The molecule has 154 valence electrons. The fourth-order valence-electron chi connectivity index (χ4n) is 3.18. The highest BCUT2D eigenvalue weighted by Crippen LogP contribution is 2.28. The highest BCUT2D eigenvalue weighted by molar-refractivity contribution is 7.18. The molecule has 9 heteroatoms. The second-order valence-corrected chi connectivity index (χ2v) is 8.15. The monoisotopic (exact) mass is 415 g/mol. The third-order valence-corrected chi connectivity index (χ3v) is 6.24. The lowest BCUT2D eigenvalue weighted by molar-refractivity contribution is 0.0922. The molecule has 0 fully saturated rings. The van der Waals surface area contributed by atoms with Gasteiger partial charge in [0.15, 0.2) is 5.78 Å². The van der Waals surface area contributed by atoms with E-state index in [0.717, 1.165) is 19.8 Å². The van der Waals surface area contributed by atoms with E-state index in [0.29, 0.717) is 13.0 Å². The lowest BCUT2D eigenvalue weighted by Gasteiger charge is -2.22. The van der Waals surface area contributed by atoms with Crippen LogP contribution in [0.25, 0.3) is 10.2 Å². The van der Waals surface area contributed by atoms with Gasteiger partial charge in [0, 0.05) is 13.6 Å². The van der Waals surface area contributed by atoms with Crippen molar-refractivity contribution in [3.8, 4) is 0 Å². The highest BCUT2D eigenvalue weighted by Gasteiger charge is 2.25. The van der Waals surface area contributed by atoms with Crippen LogP contribution in [0.15, 0.2) is 33.9 Å². The van der Waals surface area contributed by atoms with E-state index in [4.69, 9.17) is 5.73 Å². The molecule has 2 aromatic heterocycles. The average molecular weight is 416 g/mol. The fourth-order valence-corrected chi connectivity index (χ4v) is 4.27. The summed E-state index contributed by atoms with van der Waals surface area (Å²) in [6.45, 7) is 4.19. The van der Waals surface area contributed by atoms with E-state index in [-0.39, 0.29) is 24.0 Å². The van der Waals surface area contributed by atoms with E-state index in [1.165, 1.54) is 11.6 Å². The highest BCUT2D eigenvalue weighted by atomic mass is 32.1. The summed E-state index contributed by atoms with van der Waals surface area (Å²) in [5, 5.41) is 0.887. The minimum atomic E-state index is -0.661. The lowest BCUT2D eigenvalue weighted by Crippen LogP contribution is -2.44. The van der Waals surface area contributed by atoms with Gasteiger partial charge in [-0.3, -0.25) is 23.6 Å². The summed E-state index contributed by atoms with van der Waals surface area (Å²) in [4.78, 5) is 44.3. The molecule has 1 aromatic carbocycles. The van der Waals surface area contributed by atoms with Gasteiger partial charge in [-0.1, -0.05) is 19.1 Å². The largest absolute Gasteiger partial charge is 0.384 e. The van der Waals surface area contributed by atoms with Gasteiger partial charge in [-0.25, -0.2) is 9.78 Å². The van der Waals surface area contributed by atoms with E-state index in [1.54, 1.807) is 18.4 Å². The number of hydrogen-bond donors (Lipinski definition) is 1. The minimum Gasteiger partial charge on any atom is -0.384 e. The van der Waals surface area contributed by atoms with Crippen molar-refractivity contribution in [3.05, 3.63) is 55.7 Å². The molecule has 0 radical (unpaired) electrons. The van der Waals surface area contributed by atoms with Crippen LogP contribution in [0.4, 0.5) is 5.82 Å². The Bertz CT molecular complexity index is 1140. The predicted molar refractivity (Wildman–Crippen MR) is 116 cm³/mol. The van der Waals surface area contributed by atoms with E-state index >= 15 is 0 Å². The van der Waals surface area contributed by atoms with Crippen LogP contribution in [0.5, 0.6) is 0 Å². The smallest absolute Gasteiger partial charge is 0.332 e. The van der Waals surface area contributed by atoms with Crippen LogP contribution in [0.2, 0.25) is 0 Å². The molecule has 3 rings (SSSR count). The number of hydrogen-bond acceptors (Lipinski definition) is 7. The van der Waals surface area contributed by atoms with Crippen LogP contribution >= 0.6 is 11.3 Å². The van der Waals surface area contributed by atoms with Gasteiger partial charge < -0.3 is 5.73 Å². The summed E-state index contributed by atoms with van der Waals surface area (Å²) >= 11 is 1.58. The number of fused-ring (bicyclic) bond motifs is 1. The molecule has 3 aromatic rings. The number of anilines is 1. The van der Waals surface area contributed by atoms with Gasteiger partial charge in [0.1, 0.15) is 16.4 Å². The first kappa shape index (κ1) is 20.9. The maximum atomic E-state index is 13.0. The molecule has 1 atom stereocenters. The van der Waals surface area contributed by atoms with Crippen molar-refractivity contribution in [1.29, 1.82) is 0 Å². The standard InChI is InChI=1S/C20H25N5O3S/c1-5-10-25-17(21)16(19(27)24(4)20(25)28)14(26)11-23(3)12(2)18-22-13-8-6-7-9-15(13)29-18/h6-9,12H,5,10-11,21H2,1-4H3/t12-/m1/s1. The molecule has 0 aliphatic heterocycles. The number of Topliss-reactive ketones (excluding diaryl/α,β-unsaturated/α-hetero) is 1. The summed E-state index contributed by atoms with van der Waals surface area (Å²) in [7, 11) is 3.16. The first-order valence-electron chi connectivity index (χ1n) is 9.44. The molecule has 0 aliphatic rings. The first-order valence-corrected chi connectivity index (χ1v) is 10.3. The Hall–Kier alpha value is -2.78. The molecule has 0 saturated heterocycles. The normalized spacial score (nSPS) is 12.6. The number of thiazole rings is 1. The molecule has 0 amide bonds. The predicted octanol–water partition coefficient (Wildman–Crippen LogP) is 2.02. The maximum absolute atomic E-state index is 13.0. The summed E-state index contributed by atoms with van der Waals surface area (Å²) in [6.07, 6.45) is 0.657. The molecule has 2 heterocycles.